The Balaban J connectivity index is 1.83. The van der Waals surface area contributed by atoms with Gasteiger partial charge < -0.3 is 9.88 Å². The minimum absolute atomic E-state index is 0.105. The average molecular weight is 219 g/mol. The van der Waals surface area contributed by atoms with Crippen LogP contribution < -0.4 is 5.32 Å². The van der Waals surface area contributed by atoms with Crippen LogP contribution in [0.2, 0.25) is 0 Å². The molecule has 0 aliphatic carbocycles. The van der Waals surface area contributed by atoms with Crippen LogP contribution in [0.3, 0.4) is 0 Å². The number of nitrogens with one attached hydrogen (secondary N) is 2. The van der Waals surface area contributed by atoms with E-state index in [1.807, 2.05) is 17.7 Å². The lowest BCUT2D eigenvalue weighted by molar-refractivity contribution is 0.0952. The third-order valence-electron chi connectivity index (χ3n) is 2.29. The maximum Gasteiger partial charge on any atom is 0.254 e. The van der Waals surface area contributed by atoms with Crippen molar-refractivity contribution >= 4 is 5.91 Å². The lowest BCUT2D eigenvalue weighted by Gasteiger charge is -2.04. The fraction of sp³-hybridized carbons (Fsp3) is 0.300. The summed E-state index contributed by atoms with van der Waals surface area (Å²) in [5, 5.41) is 9.34. The van der Waals surface area contributed by atoms with Gasteiger partial charge in [0, 0.05) is 31.2 Å². The first-order valence-electron chi connectivity index (χ1n) is 5.01. The van der Waals surface area contributed by atoms with Crippen molar-refractivity contribution in [3.8, 4) is 0 Å². The molecular weight excluding hydrogens is 206 g/mol. The SMILES string of the molecule is Cc1[nH]ncc1C(=O)NCCn1ccnc1. The van der Waals surface area contributed by atoms with Gasteiger partial charge in [-0.25, -0.2) is 4.98 Å². The van der Waals surface area contributed by atoms with E-state index in [2.05, 4.69) is 20.5 Å². The van der Waals surface area contributed by atoms with Crippen molar-refractivity contribution in [2.75, 3.05) is 6.54 Å². The topological polar surface area (TPSA) is 75.6 Å². The predicted molar refractivity (Wildman–Crippen MR) is 57.9 cm³/mol. The molecule has 0 spiro atoms. The monoisotopic (exact) mass is 219 g/mol. The second-order valence-corrected chi connectivity index (χ2v) is 3.47. The predicted octanol–water partition coefficient (Wildman–Crippen LogP) is 0.345. The van der Waals surface area contributed by atoms with Crippen molar-refractivity contribution in [2.45, 2.75) is 13.5 Å². The number of nitrogens with zero attached hydrogens (tertiary/aromatic N) is 3. The van der Waals surface area contributed by atoms with Crippen LogP contribution in [0.1, 0.15) is 16.1 Å². The molecule has 0 saturated carbocycles. The highest BCUT2D eigenvalue weighted by Crippen LogP contribution is 2.01. The third-order valence-corrected chi connectivity index (χ3v) is 2.29. The first-order valence-corrected chi connectivity index (χ1v) is 5.01. The van der Waals surface area contributed by atoms with E-state index in [1.54, 1.807) is 12.5 Å². The number of amides is 1. The minimum Gasteiger partial charge on any atom is -0.350 e. The maximum absolute atomic E-state index is 11.7. The zero-order valence-corrected chi connectivity index (χ0v) is 8.97. The molecule has 0 bridgehead atoms. The Bertz CT molecular complexity index is 459. The molecule has 0 atom stereocenters. The second-order valence-electron chi connectivity index (χ2n) is 3.47. The average Bonchev–Trinajstić information content (AvgIpc) is 2.88. The molecule has 0 aromatic carbocycles. The van der Waals surface area contributed by atoms with Gasteiger partial charge in [0.15, 0.2) is 0 Å². The van der Waals surface area contributed by atoms with Crippen molar-refractivity contribution in [1.82, 2.24) is 25.1 Å². The van der Waals surface area contributed by atoms with Crippen LogP contribution >= 0.6 is 0 Å². The molecule has 1 amide bonds. The van der Waals surface area contributed by atoms with E-state index >= 15 is 0 Å². The number of carbonyl (C=O) groups is 1. The summed E-state index contributed by atoms with van der Waals surface area (Å²) in [6, 6.07) is 0. The Morgan fingerprint density at radius 2 is 2.50 bits per heavy atom. The van der Waals surface area contributed by atoms with Crippen molar-refractivity contribution < 1.29 is 4.79 Å². The van der Waals surface area contributed by atoms with Gasteiger partial charge in [0.1, 0.15) is 0 Å². The fourth-order valence-corrected chi connectivity index (χ4v) is 1.39. The minimum atomic E-state index is -0.105. The molecule has 84 valence electrons. The smallest absolute Gasteiger partial charge is 0.254 e. The molecular formula is C10H13N5O. The zero-order chi connectivity index (χ0) is 11.4. The molecule has 2 rings (SSSR count). The number of H-pyrrole nitrogens is 1. The number of hydrogen-bond donors (Lipinski definition) is 2. The van der Waals surface area contributed by atoms with Gasteiger partial charge in [0.05, 0.1) is 18.1 Å². The van der Waals surface area contributed by atoms with Gasteiger partial charge >= 0.3 is 0 Å². The van der Waals surface area contributed by atoms with Gasteiger partial charge in [-0.1, -0.05) is 0 Å². The summed E-state index contributed by atoms with van der Waals surface area (Å²) in [5.74, 6) is -0.105. The zero-order valence-electron chi connectivity index (χ0n) is 8.97. The van der Waals surface area contributed by atoms with Crippen molar-refractivity contribution in [3.63, 3.8) is 0 Å². The molecule has 0 aliphatic heterocycles. The lowest BCUT2D eigenvalue weighted by Crippen LogP contribution is -2.27. The third kappa shape index (κ3) is 2.28. The normalized spacial score (nSPS) is 10.3. The molecule has 2 heterocycles. The molecule has 2 aromatic heterocycles. The van der Waals surface area contributed by atoms with E-state index in [0.29, 0.717) is 18.7 Å². The van der Waals surface area contributed by atoms with Crippen molar-refractivity contribution in [2.24, 2.45) is 0 Å². The number of imidazole rings is 1. The Hall–Kier alpha value is -2.11. The van der Waals surface area contributed by atoms with Gasteiger partial charge in [-0.15, -0.1) is 0 Å². The maximum atomic E-state index is 11.7. The first kappa shape index (κ1) is 10.4. The highest BCUT2D eigenvalue weighted by Gasteiger charge is 2.09. The highest BCUT2D eigenvalue weighted by molar-refractivity contribution is 5.94. The number of carbonyl (C=O) groups excluding carboxylic acids is 1. The summed E-state index contributed by atoms with van der Waals surface area (Å²) >= 11 is 0. The summed E-state index contributed by atoms with van der Waals surface area (Å²) in [6.45, 7) is 3.10. The van der Waals surface area contributed by atoms with Crippen LogP contribution in [0.25, 0.3) is 0 Å². The van der Waals surface area contributed by atoms with Crippen LogP contribution in [-0.4, -0.2) is 32.2 Å². The molecule has 6 nitrogen and oxygen atoms in total. The molecule has 2 aromatic rings. The van der Waals surface area contributed by atoms with Gasteiger partial charge in [-0.05, 0) is 6.92 Å². The van der Waals surface area contributed by atoms with Crippen LogP contribution in [0.15, 0.2) is 24.9 Å². The van der Waals surface area contributed by atoms with Crippen molar-refractivity contribution in [1.29, 1.82) is 0 Å². The molecule has 0 saturated heterocycles. The van der Waals surface area contributed by atoms with E-state index in [-0.39, 0.29) is 5.91 Å². The van der Waals surface area contributed by atoms with E-state index < -0.39 is 0 Å². The number of aryl methyl sites for hydroxylation is 1. The van der Waals surface area contributed by atoms with E-state index in [0.717, 1.165) is 5.69 Å². The van der Waals surface area contributed by atoms with E-state index in [9.17, 15) is 4.79 Å². The Morgan fingerprint density at radius 1 is 1.62 bits per heavy atom. The number of aromatic amines is 1. The number of hydrogen-bond acceptors (Lipinski definition) is 3. The Kier molecular flexibility index (Phi) is 3.00. The molecule has 2 N–H and O–H groups in total. The molecule has 16 heavy (non-hydrogen) atoms. The van der Waals surface area contributed by atoms with Crippen LogP contribution in [-0.2, 0) is 6.54 Å². The van der Waals surface area contributed by atoms with Gasteiger partial charge in [-0.3, -0.25) is 9.89 Å². The van der Waals surface area contributed by atoms with Crippen molar-refractivity contribution in [3.05, 3.63) is 36.2 Å². The molecule has 0 fully saturated rings. The van der Waals surface area contributed by atoms with Crippen LogP contribution in [0.4, 0.5) is 0 Å². The summed E-state index contributed by atoms with van der Waals surface area (Å²) in [5.41, 5.74) is 1.37. The Labute approximate surface area is 92.7 Å². The standard InChI is InChI=1S/C10H13N5O/c1-8-9(6-13-14-8)10(16)12-3-5-15-4-2-11-7-15/h2,4,6-7H,3,5H2,1H3,(H,12,16)(H,13,14). The van der Waals surface area contributed by atoms with E-state index in [1.165, 1.54) is 6.20 Å². The molecule has 0 radical (unpaired) electrons. The largest absolute Gasteiger partial charge is 0.350 e. The summed E-state index contributed by atoms with van der Waals surface area (Å²) in [6.07, 6.45) is 6.81. The summed E-state index contributed by atoms with van der Waals surface area (Å²) in [7, 11) is 0. The van der Waals surface area contributed by atoms with Gasteiger partial charge in [0.25, 0.3) is 5.91 Å². The van der Waals surface area contributed by atoms with Crippen LogP contribution in [0, 0.1) is 6.92 Å². The van der Waals surface area contributed by atoms with Crippen LogP contribution in [0.5, 0.6) is 0 Å². The number of aromatic nitrogens is 4. The second kappa shape index (κ2) is 4.61. The van der Waals surface area contributed by atoms with Gasteiger partial charge in [0.2, 0.25) is 0 Å². The number of rotatable bonds is 4. The lowest BCUT2D eigenvalue weighted by atomic mass is 10.2. The molecule has 0 aliphatic rings. The van der Waals surface area contributed by atoms with E-state index in [4.69, 9.17) is 0 Å². The highest BCUT2D eigenvalue weighted by atomic mass is 16.1. The fourth-order valence-electron chi connectivity index (χ4n) is 1.39. The quantitative estimate of drug-likeness (QED) is 0.778. The first-order chi connectivity index (χ1) is 7.77. The summed E-state index contributed by atoms with van der Waals surface area (Å²) < 4.78 is 1.91. The van der Waals surface area contributed by atoms with Gasteiger partial charge in [-0.2, -0.15) is 5.10 Å². The Morgan fingerprint density at radius 3 is 3.12 bits per heavy atom. The molecule has 0 unspecified atom stereocenters. The molecule has 6 heteroatoms. The summed E-state index contributed by atoms with van der Waals surface area (Å²) in [4.78, 5) is 15.6.